The third-order valence-corrected chi connectivity index (χ3v) is 6.62. The lowest BCUT2D eigenvalue weighted by molar-refractivity contribution is -0.159. The lowest BCUT2D eigenvalue weighted by Crippen LogP contribution is -2.73. The molecule has 2 saturated heterocycles. The number of aliphatic hydroxyl groups excluding tert-OH is 1. The van der Waals surface area contributed by atoms with E-state index in [0.29, 0.717) is 0 Å². The number of aliphatic hydroxyl groups is 1. The van der Waals surface area contributed by atoms with E-state index in [1.165, 1.54) is 35.2 Å². The Balaban J connectivity index is 1.39. The van der Waals surface area contributed by atoms with Crippen LogP contribution in [0.1, 0.15) is 21.8 Å². The molecule has 2 heterocycles. The smallest absolute Gasteiger partial charge is 0.257 e. The van der Waals surface area contributed by atoms with Crippen molar-refractivity contribution in [3.05, 3.63) is 95.6 Å². The summed E-state index contributed by atoms with van der Waals surface area (Å²) in [6.45, 7) is -0.0654. The summed E-state index contributed by atoms with van der Waals surface area (Å²) in [6.07, 6.45) is 0. The number of halogens is 2. The van der Waals surface area contributed by atoms with Gasteiger partial charge in [-0.3, -0.25) is 9.59 Å². The standard InChI is InChI=1S/C26H22F2N2O3/c27-19-11-9-17(10-12-19)16-5-7-18(8-6-16)25-22-13-29(14-24(32)30(22)23(25)15-31)26(33)20-3-1-2-4-21(20)28/h1-12,22-23,25,31H,13-15H2/t22-,23+,25+/m1/s1. The van der Waals surface area contributed by atoms with Crippen molar-refractivity contribution >= 4 is 11.8 Å². The third-order valence-electron chi connectivity index (χ3n) is 6.62. The fourth-order valence-corrected chi connectivity index (χ4v) is 5.00. The van der Waals surface area contributed by atoms with E-state index in [1.54, 1.807) is 23.1 Å². The van der Waals surface area contributed by atoms with Gasteiger partial charge in [0.25, 0.3) is 5.91 Å². The van der Waals surface area contributed by atoms with Gasteiger partial charge in [-0.15, -0.1) is 0 Å². The number of nitrogens with zero attached hydrogens (tertiary/aromatic N) is 2. The second kappa shape index (κ2) is 8.41. The quantitative estimate of drug-likeness (QED) is 0.665. The summed E-state index contributed by atoms with van der Waals surface area (Å²) in [6, 6.07) is 19.0. The predicted octanol–water partition coefficient (Wildman–Crippen LogP) is 3.44. The molecule has 0 unspecified atom stereocenters. The number of fused-ring (bicyclic) bond motifs is 1. The van der Waals surface area contributed by atoms with Gasteiger partial charge in [-0.2, -0.15) is 0 Å². The summed E-state index contributed by atoms with van der Waals surface area (Å²) in [5.41, 5.74) is 2.68. The monoisotopic (exact) mass is 448 g/mol. The second-order valence-electron chi connectivity index (χ2n) is 8.44. The fraction of sp³-hybridized carbons (Fsp3) is 0.231. The summed E-state index contributed by atoms with van der Waals surface area (Å²) < 4.78 is 27.4. The second-order valence-corrected chi connectivity index (χ2v) is 8.44. The van der Waals surface area contributed by atoms with Gasteiger partial charge in [0.15, 0.2) is 0 Å². The number of piperazine rings is 1. The minimum absolute atomic E-state index is 0.0583. The van der Waals surface area contributed by atoms with Crippen molar-refractivity contribution in [2.45, 2.75) is 18.0 Å². The van der Waals surface area contributed by atoms with Crippen molar-refractivity contribution in [2.24, 2.45) is 0 Å². The Morgan fingerprint density at radius 3 is 2.21 bits per heavy atom. The zero-order chi connectivity index (χ0) is 23.1. The number of benzene rings is 3. The first-order valence-electron chi connectivity index (χ1n) is 10.8. The van der Waals surface area contributed by atoms with Crippen LogP contribution in [0.2, 0.25) is 0 Å². The van der Waals surface area contributed by atoms with Crippen LogP contribution in [0.25, 0.3) is 11.1 Å². The molecule has 3 atom stereocenters. The molecule has 0 saturated carbocycles. The number of carbonyl (C=O) groups is 2. The maximum absolute atomic E-state index is 14.1. The Labute approximate surface area is 189 Å². The lowest BCUT2D eigenvalue weighted by Gasteiger charge is -2.58. The molecule has 1 N–H and O–H groups in total. The number of hydrogen-bond donors (Lipinski definition) is 1. The minimum Gasteiger partial charge on any atom is -0.394 e. The summed E-state index contributed by atoms with van der Waals surface area (Å²) in [4.78, 5) is 28.7. The van der Waals surface area contributed by atoms with Gasteiger partial charge in [0, 0.05) is 12.5 Å². The molecule has 0 radical (unpaired) electrons. The Bertz CT molecular complexity index is 1200. The van der Waals surface area contributed by atoms with Crippen LogP contribution in [-0.2, 0) is 4.79 Å². The zero-order valence-electron chi connectivity index (χ0n) is 17.7. The lowest BCUT2D eigenvalue weighted by atomic mass is 9.73. The highest BCUT2D eigenvalue weighted by atomic mass is 19.1. The van der Waals surface area contributed by atoms with E-state index < -0.39 is 11.7 Å². The topological polar surface area (TPSA) is 60.9 Å². The Morgan fingerprint density at radius 2 is 1.58 bits per heavy atom. The summed E-state index contributed by atoms with van der Waals surface area (Å²) in [7, 11) is 0. The van der Waals surface area contributed by atoms with Crippen LogP contribution in [0.4, 0.5) is 8.78 Å². The molecule has 0 spiro atoms. The van der Waals surface area contributed by atoms with Crippen molar-refractivity contribution < 1.29 is 23.5 Å². The van der Waals surface area contributed by atoms with Gasteiger partial charge in [0.05, 0.1) is 24.3 Å². The van der Waals surface area contributed by atoms with Crippen LogP contribution in [0.3, 0.4) is 0 Å². The summed E-state index contributed by atoms with van der Waals surface area (Å²) >= 11 is 0. The molecular weight excluding hydrogens is 426 g/mol. The van der Waals surface area contributed by atoms with Crippen molar-refractivity contribution in [1.29, 1.82) is 0 Å². The van der Waals surface area contributed by atoms with Crippen molar-refractivity contribution in [2.75, 3.05) is 19.7 Å². The highest BCUT2D eigenvalue weighted by Crippen LogP contribution is 2.43. The van der Waals surface area contributed by atoms with Crippen LogP contribution in [0.15, 0.2) is 72.8 Å². The van der Waals surface area contributed by atoms with Gasteiger partial charge in [0.2, 0.25) is 5.91 Å². The molecule has 7 heteroatoms. The van der Waals surface area contributed by atoms with E-state index in [9.17, 15) is 23.5 Å². The Kier molecular flexibility index (Phi) is 5.42. The third kappa shape index (κ3) is 3.68. The summed E-state index contributed by atoms with van der Waals surface area (Å²) in [5.74, 6) is -1.84. The van der Waals surface area contributed by atoms with Gasteiger partial charge in [-0.25, -0.2) is 8.78 Å². The molecule has 33 heavy (non-hydrogen) atoms. The van der Waals surface area contributed by atoms with Crippen molar-refractivity contribution in [3.63, 3.8) is 0 Å². The molecule has 3 aromatic carbocycles. The molecule has 2 aliphatic rings. The van der Waals surface area contributed by atoms with E-state index in [0.717, 1.165) is 16.7 Å². The van der Waals surface area contributed by atoms with Crippen molar-refractivity contribution in [1.82, 2.24) is 9.80 Å². The van der Waals surface area contributed by atoms with E-state index >= 15 is 0 Å². The van der Waals surface area contributed by atoms with Crippen molar-refractivity contribution in [3.8, 4) is 11.1 Å². The zero-order valence-corrected chi connectivity index (χ0v) is 17.7. The van der Waals surface area contributed by atoms with Crippen LogP contribution >= 0.6 is 0 Å². The number of hydrogen-bond acceptors (Lipinski definition) is 3. The highest BCUT2D eigenvalue weighted by Gasteiger charge is 2.54. The molecule has 2 amide bonds. The number of amides is 2. The van der Waals surface area contributed by atoms with Gasteiger partial charge in [-0.1, -0.05) is 48.5 Å². The molecule has 5 rings (SSSR count). The van der Waals surface area contributed by atoms with E-state index in [4.69, 9.17) is 0 Å². The average molecular weight is 448 g/mol. The molecule has 0 aromatic heterocycles. The van der Waals surface area contributed by atoms with Crippen LogP contribution in [0, 0.1) is 11.6 Å². The van der Waals surface area contributed by atoms with Crippen LogP contribution < -0.4 is 0 Å². The van der Waals surface area contributed by atoms with E-state index in [-0.39, 0.29) is 55.0 Å². The molecule has 3 aromatic rings. The SMILES string of the molecule is O=C(c1ccccc1F)N1CC(=O)N2[C@H](C1)[C@H](c1ccc(-c3ccc(F)cc3)cc1)[C@@H]2CO. The highest BCUT2D eigenvalue weighted by molar-refractivity contribution is 5.97. The molecule has 0 aliphatic carbocycles. The molecule has 5 nitrogen and oxygen atoms in total. The average Bonchev–Trinajstić information content (AvgIpc) is 2.81. The predicted molar refractivity (Wildman–Crippen MR) is 118 cm³/mol. The first-order valence-corrected chi connectivity index (χ1v) is 10.8. The number of carbonyl (C=O) groups excluding carboxylic acids is 2. The Morgan fingerprint density at radius 1 is 0.939 bits per heavy atom. The van der Waals surface area contributed by atoms with Gasteiger partial charge >= 0.3 is 0 Å². The first kappa shape index (κ1) is 21.3. The van der Waals surface area contributed by atoms with Gasteiger partial charge in [-0.05, 0) is 41.0 Å². The molecule has 168 valence electrons. The normalized spacial score (nSPS) is 22.0. The fourth-order valence-electron chi connectivity index (χ4n) is 5.00. The number of rotatable bonds is 4. The largest absolute Gasteiger partial charge is 0.394 e. The maximum atomic E-state index is 14.1. The maximum Gasteiger partial charge on any atom is 0.257 e. The van der Waals surface area contributed by atoms with E-state index in [1.807, 2.05) is 24.3 Å². The van der Waals surface area contributed by atoms with Crippen LogP contribution in [0.5, 0.6) is 0 Å². The molecule has 0 bridgehead atoms. The molecule has 2 aliphatic heterocycles. The van der Waals surface area contributed by atoms with Crippen LogP contribution in [-0.4, -0.2) is 58.5 Å². The first-order chi connectivity index (χ1) is 16.0. The summed E-state index contributed by atoms with van der Waals surface area (Å²) in [5, 5.41) is 9.96. The van der Waals surface area contributed by atoms with Gasteiger partial charge in [0.1, 0.15) is 18.2 Å². The van der Waals surface area contributed by atoms with E-state index in [2.05, 4.69) is 0 Å². The van der Waals surface area contributed by atoms with Gasteiger partial charge < -0.3 is 14.9 Å². The molecule has 2 fully saturated rings. The minimum atomic E-state index is -0.618. The molecular formula is C26H22F2N2O3. The Hall–Kier alpha value is -3.58.